The minimum Gasteiger partial charge on any atom is -0.493 e. The summed E-state index contributed by atoms with van der Waals surface area (Å²) in [6.07, 6.45) is 1.29. The van der Waals surface area contributed by atoms with Crippen LogP contribution in [-0.4, -0.2) is 19.3 Å². The number of aliphatic hydroxyl groups excluding tert-OH is 1. The lowest BCUT2D eigenvalue weighted by atomic mass is 9.99. The second kappa shape index (κ2) is 5.75. The molecule has 1 unspecified atom stereocenters. The van der Waals surface area contributed by atoms with Crippen molar-refractivity contribution in [1.29, 1.82) is 0 Å². The maximum absolute atomic E-state index is 9.99. The van der Waals surface area contributed by atoms with Gasteiger partial charge in [0.15, 0.2) is 11.5 Å². The van der Waals surface area contributed by atoms with Gasteiger partial charge in [-0.3, -0.25) is 0 Å². The second-order valence-corrected chi connectivity index (χ2v) is 3.87. The highest BCUT2D eigenvalue weighted by atomic mass is 16.5. The van der Waals surface area contributed by atoms with Crippen molar-refractivity contribution in [2.45, 2.75) is 32.8 Å². The van der Waals surface area contributed by atoms with Crippen molar-refractivity contribution >= 4 is 0 Å². The van der Waals surface area contributed by atoms with Crippen LogP contribution >= 0.6 is 0 Å². The summed E-state index contributed by atoms with van der Waals surface area (Å²) in [5, 5.41) is 9.99. The fraction of sp³-hybridized carbons (Fsp3) is 0.538. The van der Waals surface area contributed by atoms with Crippen LogP contribution in [0, 0.1) is 6.92 Å². The molecule has 1 aromatic carbocycles. The van der Waals surface area contributed by atoms with E-state index >= 15 is 0 Å². The molecule has 3 heteroatoms. The SMILES string of the molecule is CCCC(O)c1cc(OC)c(OC)cc1C. The zero-order chi connectivity index (χ0) is 12.1. The van der Waals surface area contributed by atoms with Gasteiger partial charge in [-0.2, -0.15) is 0 Å². The standard InChI is InChI=1S/C13H20O3/c1-5-6-11(14)10-8-13(16-4)12(15-3)7-9(10)2/h7-8,11,14H,5-6H2,1-4H3. The molecule has 3 nitrogen and oxygen atoms in total. The molecule has 1 N–H and O–H groups in total. The fourth-order valence-corrected chi connectivity index (χ4v) is 1.78. The lowest BCUT2D eigenvalue weighted by Crippen LogP contribution is -2.01. The molecule has 16 heavy (non-hydrogen) atoms. The van der Waals surface area contributed by atoms with Gasteiger partial charge in [-0.1, -0.05) is 13.3 Å². The summed E-state index contributed by atoms with van der Waals surface area (Å²) in [5.74, 6) is 1.37. The van der Waals surface area contributed by atoms with Gasteiger partial charge in [-0.15, -0.1) is 0 Å². The minimum atomic E-state index is -0.426. The van der Waals surface area contributed by atoms with Crippen LogP contribution in [-0.2, 0) is 0 Å². The minimum absolute atomic E-state index is 0.426. The Morgan fingerprint density at radius 2 is 1.75 bits per heavy atom. The van der Waals surface area contributed by atoms with E-state index in [0.29, 0.717) is 11.5 Å². The van der Waals surface area contributed by atoms with Crippen molar-refractivity contribution in [1.82, 2.24) is 0 Å². The number of aryl methyl sites for hydroxylation is 1. The van der Waals surface area contributed by atoms with E-state index in [-0.39, 0.29) is 0 Å². The van der Waals surface area contributed by atoms with Gasteiger partial charge in [0.1, 0.15) is 0 Å². The molecule has 0 aliphatic heterocycles. The van der Waals surface area contributed by atoms with Crippen LogP contribution in [0.4, 0.5) is 0 Å². The molecule has 0 heterocycles. The number of benzene rings is 1. The Balaban J connectivity index is 3.10. The molecule has 0 saturated heterocycles. The van der Waals surface area contributed by atoms with E-state index in [0.717, 1.165) is 24.0 Å². The Labute approximate surface area is 97.0 Å². The summed E-state index contributed by atoms with van der Waals surface area (Å²) in [6.45, 7) is 4.02. The topological polar surface area (TPSA) is 38.7 Å². The molecule has 0 amide bonds. The average molecular weight is 224 g/mol. The smallest absolute Gasteiger partial charge is 0.161 e. The normalized spacial score (nSPS) is 12.3. The molecule has 1 rings (SSSR count). The molecule has 0 spiro atoms. The lowest BCUT2D eigenvalue weighted by molar-refractivity contribution is 0.165. The molecule has 90 valence electrons. The van der Waals surface area contributed by atoms with Crippen LogP contribution in [0.25, 0.3) is 0 Å². The van der Waals surface area contributed by atoms with E-state index < -0.39 is 6.10 Å². The summed E-state index contributed by atoms with van der Waals surface area (Å²) < 4.78 is 10.4. The largest absolute Gasteiger partial charge is 0.493 e. The van der Waals surface area contributed by atoms with E-state index in [9.17, 15) is 5.11 Å². The number of methoxy groups -OCH3 is 2. The highest BCUT2D eigenvalue weighted by Gasteiger charge is 2.14. The van der Waals surface area contributed by atoms with E-state index in [4.69, 9.17) is 9.47 Å². The first kappa shape index (κ1) is 12.8. The molecule has 1 atom stereocenters. The lowest BCUT2D eigenvalue weighted by Gasteiger charge is -2.16. The Hall–Kier alpha value is -1.22. The summed E-state index contributed by atoms with van der Waals surface area (Å²) >= 11 is 0. The van der Waals surface area contributed by atoms with Crippen molar-refractivity contribution in [3.8, 4) is 11.5 Å². The van der Waals surface area contributed by atoms with Crippen LogP contribution in [0.15, 0.2) is 12.1 Å². The molecule has 0 aliphatic rings. The maximum atomic E-state index is 9.99. The average Bonchev–Trinajstić information content (AvgIpc) is 2.28. The van der Waals surface area contributed by atoms with Gasteiger partial charge in [0.05, 0.1) is 20.3 Å². The van der Waals surface area contributed by atoms with E-state index in [2.05, 4.69) is 6.92 Å². The van der Waals surface area contributed by atoms with Gasteiger partial charge in [-0.25, -0.2) is 0 Å². The summed E-state index contributed by atoms with van der Waals surface area (Å²) in [7, 11) is 3.21. The van der Waals surface area contributed by atoms with E-state index in [1.54, 1.807) is 14.2 Å². The van der Waals surface area contributed by atoms with E-state index in [1.165, 1.54) is 0 Å². The van der Waals surface area contributed by atoms with Crippen LogP contribution in [0.2, 0.25) is 0 Å². The summed E-state index contributed by atoms with van der Waals surface area (Å²) in [6, 6.07) is 3.75. The molecule has 0 aliphatic carbocycles. The summed E-state index contributed by atoms with van der Waals surface area (Å²) in [5.41, 5.74) is 1.94. The van der Waals surface area contributed by atoms with Crippen molar-refractivity contribution in [2.75, 3.05) is 14.2 Å². The Bertz CT molecular complexity index is 347. The van der Waals surface area contributed by atoms with Crippen molar-refractivity contribution in [2.24, 2.45) is 0 Å². The molecule has 0 aromatic heterocycles. The highest BCUT2D eigenvalue weighted by molar-refractivity contribution is 5.47. The zero-order valence-corrected chi connectivity index (χ0v) is 10.4. The Morgan fingerprint density at radius 3 is 2.25 bits per heavy atom. The zero-order valence-electron chi connectivity index (χ0n) is 10.4. The third-order valence-electron chi connectivity index (χ3n) is 2.69. The highest BCUT2D eigenvalue weighted by Crippen LogP contribution is 2.33. The number of ether oxygens (including phenoxy) is 2. The quantitative estimate of drug-likeness (QED) is 0.835. The van der Waals surface area contributed by atoms with Crippen molar-refractivity contribution in [3.05, 3.63) is 23.3 Å². The van der Waals surface area contributed by atoms with Crippen molar-refractivity contribution < 1.29 is 14.6 Å². The van der Waals surface area contributed by atoms with Gasteiger partial charge in [-0.05, 0) is 36.6 Å². The van der Waals surface area contributed by atoms with E-state index in [1.807, 2.05) is 19.1 Å². The molecule has 0 bridgehead atoms. The van der Waals surface area contributed by atoms with Crippen molar-refractivity contribution in [3.63, 3.8) is 0 Å². The third-order valence-corrected chi connectivity index (χ3v) is 2.69. The van der Waals surface area contributed by atoms with Crippen LogP contribution in [0.1, 0.15) is 37.0 Å². The third kappa shape index (κ3) is 2.67. The first-order valence-electron chi connectivity index (χ1n) is 5.54. The number of hydrogen-bond donors (Lipinski definition) is 1. The number of hydrogen-bond acceptors (Lipinski definition) is 3. The first-order valence-corrected chi connectivity index (χ1v) is 5.54. The predicted octanol–water partition coefficient (Wildman–Crippen LogP) is 2.85. The molecule has 0 fully saturated rings. The second-order valence-electron chi connectivity index (χ2n) is 3.87. The monoisotopic (exact) mass is 224 g/mol. The van der Waals surface area contributed by atoms with Gasteiger partial charge in [0.2, 0.25) is 0 Å². The molecule has 0 saturated carbocycles. The maximum Gasteiger partial charge on any atom is 0.161 e. The molecular formula is C13H20O3. The number of aliphatic hydroxyl groups is 1. The molecule has 0 radical (unpaired) electrons. The summed E-state index contributed by atoms with van der Waals surface area (Å²) in [4.78, 5) is 0. The van der Waals surface area contributed by atoms with Crippen LogP contribution in [0.3, 0.4) is 0 Å². The fourth-order valence-electron chi connectivity index (χ4n) is 1.78. The Morgan fingerprint density at radius 1 is 1.19 bits per heavy atom. The Kier molecular flexibility index (Phi) is 4.62. The predicted molar refractivity (Wildman–Crippen MR) is 64.2 cm³/mol. The van der Waals surface area contributed by atoms with Crippen LogP contribution < -0.4 is 9.47 Å². The number of rotatable bonds is 5. The van der Waals surface area contributed by atoms with Gasteiger partial charge in [0, 0.05) is 0 Å². The van der Waals surface area contributed by atoms with Gasteiger partial charge in [0.25, 0.3) is 0 Å². The van der Waals surface area contributed by atoms with Gasteiger partial charge < -0.3 is 14.6 Å². The van der Waals surface area contributed by atoms with Gasteiger partial charge >= 0.3 is 0 Å². The van der Waals surface area contributed by atoms with Crippen LogP contribution in [0.5, 0.6) is 11.5 Å². The molecular weight excluding hydrogens is 204 g/mol. The molecule has 1 aromatic rings. The first-order chi connectivity index (χ1) is 7.63.